The highest BCUT2D eigenvalue weighted by molar-refractivity contribution is 5.75. The summed E-state index contributed by atoms with van der Waals surface area (Å²) in [6, 6.07) is 2.35. The summed E-state index contributed by atoms with van der Waals surface area (Å²) in [6.07, 6.45) is 2.04. The van der Waals surface area contributed by atoms with E-state index in [0.29, 0.717) is 37.0 Å². The maximum atomic E-state index is 15.4. The number of benzene rings is 1. The Morgan fingerprint density at radius 2 is 1.86 bits per heavy atom. The fraction of sp³-hybridized carbons (Fsp3) is 0.629. The molecule has 0 bridgehead atoms. The highest BCUT2D eigenvalue weighted by atomic mass is 19.4. The standard InChI is InChI=1S/C35H45F4NO3/c1-20(2)31-30(32(41)24-9-8-23(16-25(24)36)35(37,38)39)28(22-10-14-42-15-11-22)29-26(40-31)18-34(12-7-13-34)19-27(29)43-21(3)17-33(4,5)6/h8-10,16,20-21,27,32,41H,7,11-15,17-19H2,1-6H3/t21?,27-,32-/m0/s1. The number of hydrogen-bond donors (Lipinski definition) is 1. The lowest BCUT2D eigenvalue weighted by molar-refractivity contribution is -0.137. The lowest BCUT2D eigenvalue weighted by Gasteiger charge is -2.49. The van der Waals surface area contributed by atoms with E-state index in [-0.39, 0.29) is 34.5 Å². The first kappa shape index (κ1) is 32.1. The fourth-order valence-electron chi connectivity index (χ4n) is 7.35. The summed E-state index contributed by atoms with van der Waals surface area (Å²) in [5.74, 6) is -1.22. The van der Waals surface area contributed by atoms with E-state index in [2.05, 4.69) is 27.7 Å². The van der Waals surface area contributed by atoms with Crippen LogP contribution in [-0.4, -0.2) is 29.4 Å². The minimum atomic E-state index is -4.69. The van der Waals surface area contributed by atoms with Crippen LogP contribution in [0, 0.1) is 16.6 Å². The quantitative estimate of drug-likeness (QED) is 0.321. The second-order valence-corrected chi connectivity index (χ2v) is 14.4. The molecule has 5 rings (SSSR count). The van der Waals surface area contributed by atoms with Gasteiger partial charge in [-0.25, -0.2) is 4.39 Å². The third-order valence-corrected chi connectivity index (χ3v) is 9.30. The predicted octanol–water partition coefficient (Wildman–Crippen LogP) is 9.25. The Bertz CT molecular complexity index is 1370. The zero-order chi connectivity index (χ0) is 31.3. The Hall–Kier alpha value is -2.29. The van der Waals surface area contributed by atoms with Crippen molar-refractivity contribution in [2.24, 2.45) is 10.8 Å². The SMILES string of the molecule is CC(CC(C)(C)C)O[C@H]1CC2(CCC2)Cc2nc(C(C)C)c([C@@H](O)c3ccc(C(F)(F)F)cc3F)c(C3=CCOCC3)c21. The summed E-state index contributed by atoms with van der Waals surface area (Å²) in [7, 11) is 0. The smallest absolute Gasteiger partial charge is 0.383 e. The number of alkyl halides is 3. The topological polar surface area (TPSA) is 51.6 Å². The highest BCUT2D eigenvalue weighted by Gasteiger charge is 2.47. The van der Waals surface area contributed by atoms with Gasteiger partial charge in [0.2, 0.25) is 0 Å². The summed E-state index contributed by atoms with van der Waals surface area (Å²) >= 11 is 0. The number of ether oxygens (including phenoxy) is 2. The second-order valence-electron chi connectivity index (χ2n) is 14.4. The van der Waals surface area contributed by atoms with Crippen LogP contribution < -0.4 is 0 Å². The lowest BCUT2D eigenvalue weighted by atomic mass is 9.59. The van der Waals surface area contributed by atoms with Gasteiger partial charge in [0.1, 0.15) is 11.9 Å². The van der Waals surface area contributed by atoms with Crippen molar-refractivity contribution in [1.82, 2.24) is 4.98 Å². The summed E-state index contributed by atoms with van der Waals surface area (Å²) < 4.78 is 68.0. The average Bonchev–Trinajstić information content (AvgIpc) is 2.89. The van der Waals surface area contributed by atoms with Crippen LogP contribution in [0.4, 0.5) is 17.6 Å². The van der Waals surface area contributed by atoms with Gasteiger partial charge < -0.3 is 14.6 Å². The van der Waals surface area contributed by atoms with Gasteiger partial charge in [-0.3, -0.25) is 4.98 Å². The largest absolute Gasteiger partial charge is 0.416 e. The molecule has 2 heterocycles. The molecule has 0 saturated heterocycles. The molecule has 236 valence electrons. The van der Waals surface area contributed by atoms with Gasteiger partial charge in [-0.1, -0.05) is 53.2 Å². The molecular weight excluding hydrogens is 558 g/mol. The zero-order valence-corrected chi connectivity index (χ0v) is 26.2. The van der Waals surface area contributed by atoms with Gasteiger partial charge in [0.15, 0.2) is 0 Å². The molecule has 0 radical (unpaired) electrons. The van der Waals surface area contributed by atoms with E-state index in [9.17, 15) is 18.3 Å². The summed E-state index contributed by atoms with van der Waals surface area (Å²) in [6.45, 7) is 13.5. The Morgan fingerprint density at radius 3 is 2.40 bits per heavy atom. The van der Waals surface area contributed by atoms with Gasteiger partial charge in [-0.15, -0.1) is 0 Å². The van der Waals surface area contributed by atoms with Crippen LogP contribution in [0.15, 0.2) is 24.3 Å². The van der Waals surface area contributed by atoms with Crippen LogP contribution in [0.1, 0.15) is 137 Å². The van der Waals surface area contributed by atoms with Gasteiger partial charge in [0.05, 0.1) is 31.0 Å². The Labute approximate surface area is 252 Å². The molecule has 2 aliphatic carbocycles. The molecule has 1 aromatic heterocycles. The molecule has 1 fully saturated rings. The number of nitrogens with zero attached hydrogens (tertiary/aromatic N) is 1. The number of aliphatic hydroxyl groups is 1. The Kier molecular flexibility index (Phi) is 8.89. The van der Waals surface area contributed by atoms with E-state index >= 15 is 4.39 Å². The van der Waals surface area contributed by atoms with Crippen molar-refractivity contribution in [3.63, 3.8) is 0 Å². The van der Waals surface area contributed by atoms with Crippen molar-refractivity contribution >= 4 is 5.57 Å². The zero-order valence-electron chi connectivity index (χ0n) is 26.2. The number of fused-ring (bicyclic) bond motifs is 1. The molecule has 0 amide bonds. The first-order valence-corrected chi connectivity index (χ1v) is 15.6. The van der Waals surface area contributed by atoms with Crippen LogP contribution in [0.5, 0.6) is 0 Å². The molecule has 4 nitrogen and oxygen atoms in total. The highest BCUT2D eigenvalue weighted by Crippen LogP contribution is 2.57. The van der Waals surface area contributed by atoms with Crippen LogP contribution in [0.3, 0.4) is 0 Å². The third kappa shape index (κ3) is 6.71. The van der Waals surface area contributed by atoms with Gasteiger partial charge in [-0.2, -0.15) is 13.2 Å². The van der Waals surface area contributed by atoms with Crippen LogP contribution in [0.2, 0.25) is 0 Å². The number of hydrogen-bond acceptors (Lipinski definition) is 4. The third-order valence-electron chi connectivity index (χ3n) is 9.30. The summed E-state index contributed by atoms with van der Waals surface area (Å²) in [4.78, 5) is 5.21. The van der Waals surface area contributed by atoms with E-state index < -0.39 is 23.7 Å². The van der Waals surface area contributed by atoms with Gasteiger partial charge in [0, 0.05) is 28.1 Å². The van der Waals surface area contributed by atoms with E-state index in [4.69, 9.17) is 14.5 Å². The fourth-order valence-corrected chi connectivity index (χ4v) is 7.35. The number of pyridine rings is 1. The second kappa shape index (κ2) is 11.9. The van der Waals surface area contributed by atoms with Crippen molar-refractivity contribution in [3.05, 3.63) is 69.3 Å². The van der Waals surface area contributed by atoms with Crippen LogP contribution >= 0.6 is 0 Å². The lowest BCUT2D eigenvalue weighted by Crippen LogP contribution is -2.40. The molecule has 1 saturated carbocycles. The van der Waals surface area contributed by atoms with Crippen molar-refractivity contribution in [2.75, 3.05) is 13.2 Å². The van der Waals surface area contributed by atoms with Gasteiger partial charge in [-0.05, 0) is 85.5 Å². The van der Waals surface area contributed by atoms with Crippen molar-refractivity contribution < 1.29 is 32.1 Å². The molecule has 1 aromatic carbocycles. The van der Waals surface area contributed by atoms with E-state index in [1.807, 2.05) is 19.9 Å². The molecule has 1 unspecified atom stereocenters. The van der Waals surface area contributed by atoms with E-state index in [1.165, 1.54) is 6.42 Å². The van der Waals surface area contributed by atoms with Crippen LogP contribution in [-0.2, 0) is 22.1 Å². The van der Waals surface area contributed by atoms with E-state index in [0.717, 1.165) is 66.6 Å². The molecule has 43 heavy (non-hydrogen) atoms. The Morgan fingerprint density at radius 1 is 1.14 bits per heavy atom. The summed E-state index contributed by atoms with van der Waals surface area (Å²) in [5.41, 5.74) is 3.71. The molecule has 1 aliphatic heterocycles. The minimum absolute atomic E-state index is 0.0323. The molecule has 3 aliphatic rings. The number of halogens is 4. The van der Waals surface area contributed by atoms with Crippen LogP contribution in [0.25, 0.3) is 5.57 Å². The van der Waals surface area contributed by atoms with Crippen molar-refractivity contribution in [2.45, 2.75) is 117 Å². The van der Waals surface area contributed by atoms with Gasteiger partial charge in [0.25, 0.3) is 0 Å². The maximum Gasteiger partial charge on any atom is 0.416 e. The predicted molar refractivity (Wildman–Crippen MR) is 159 cm³/mol. The molecule has 3 atom stereocenters. The molecule has 8 heteroatoms. The first-order chi connectivity index (χ1) is 20.1. The normalized spacial score (nSPS) is 21.8. The first-order valence-electron chi connectivity index (χ1n) is 15.6. The van der Waals surface area contributed by atoms with Crippen molar-refractivity contribution in [1.29, 1.82) is 0 Å². The number of rotatable bonds is 7. The maximum absolute atomic E-state index is 15.4. The van der Waals surface area contributed by atoms with Crippen molar-refractivity contribution in [3.8, 4) is 0 Å². The number of aromatic nitrogens is 1. The molecule has 1 N–H and O–H groups in total. The Balaban J connectivity index is 1.73. The summed E-state index contributed by atoms with van der Waals surface area (Å²) in [5, 5.41) is 11.9. The minimum Gasteiger partial charge on any atom is -0.383 e. The molecule has 1 spiro atoms. The monoisotopic (exact) mass is 603 g/mol. The average molecular weight is 604 g/mol. The van der Waals surface area contributed by atoms with Gasteiger partial charge >= 0.3 is 6.18 Å². The molecular formula is C35H45F4NO3. The van der Waals surface area contributed by atoms with E-state index in [1.54, 1.807) is 0 Å². The number of aliphatic hydroxyl groups excluding tert-OH is 1. The molecule has 2 aromatic rings.